The minimum Gasteiger partial charge on any atom is 0 e. The molecule has 0 amide bonds. The summed E-state index contributed by atoms with van der Waals surface area (Å²) in [5, 5.41) is 30.4. The Kier molecular flexibility index (Phi) is 208. The van der Waals surface area contributed by atoms with Crippen LogP contribution in [-0.2, 0) is 0 Å². The average Bonchev–Trinajstić information content (AvgIpc) is 1.85. The first-order chi connectivity index (χ1) is 6.29. The van der Waals surface area contributed by atoms with Crippen LogP contribution in [0.1, 0.15) is 13.8 Å². The summed E-state index contributed by atoms with van der Waals surface area (Å²) < 4.78 is 9.26. The van der Waals surface area contributed by atoms with E-state index >= 15 is 0 Å². The molecule has 0 bridgehead atoms. The van der Waals surface area contributed by atoms with Gasteiger partial charge in [0.25, 0.3) is 0 Å². The second-order valence-electron chi connectivity index (χ2n) is 2.42. The molecule has 10 N–H and O–H groups in total. The Labute approximate surface area is 177 Å². The van der Waals surface area contributed by atoms with E-state index in [9.17, 15) is 0 Å². The van der Waals surface area contributed by atoms with Crippen LogP contribution < -0.4 is 0 Å². The first-order valence-corrected chi connectivity index (χ1v) is 17.7. The zero-order valence-electron chi connectivity index (χ0n) is 13.2. The molecule has 0 saturated heterocycles. The van der Waals surface area contributed by atoms with Crippen LogP contribution in [0.3, 0.4) is 0 Å². The molecule has 0 fully saturated rings. The van der Waals surface area contributed by atoms with Gasteiger partial charge in [-0.1, -0.05) is 0 Å². The third-order valence-corrected chi connectivity index (χ3v) is 0. The normalized spacial score (nSPS) is 5.26. The SMILES string of the molecule is CC(O)O.CC(O)O.O.O.O.[CH3][In][CH3].[CH3][In][CH3].[InH2].[In]. The summed E-state index contributed by atoms with van der Waals surface area (Å²) in [6, 6.07) is 0. The molecule has 0 saturated carbocycles. The molecule has 0 spiro atoms. The van der Waals surface area contributed by atoms with E-state index in [0.717, 1.165) is 0 Å². The minimum atomic E-state index is -1.17. The van der Waals surface area contributed by atoms with E-state index < -0.39 is 12.6 Å². The van der Waals surface area contributed by atoms with Crippen LogP contribution >= 0.6 is 0 Å². The van der Waals surface area contributed by atoms with E-state index in [1.165, 1.54) is 13.8 Å². The average molecular weight is 700 g/mol. The second kappa shape index (κ2) is 69.0. The van der Waals surface area contributed by atoms with Crippen molar-refractivity contribution in [3.05, 3.63) is 0 Å². The Morgan fingerprint density at radius 2 is 0.632 bits per heavy atom. The van der Waals surface area contributed by atoms with Gasteiger partial charge in [0.2, 0.25) is 0 Å². The van der Waals surface area contributed by atoms with Crippen LogP contribution in [0.25, 0.3) is 0 Å². The molecule has 11 heteroatoms. The predicted octanol–water partition coefficient (Wildman–Crippen LogP) is -3.56. The van der Waals surface area contributed by atoms with Crippen LogP contribution in [-0.4, -0.2) is 147 Å². The molecule has 0 aliphatic carbocycles. The van der Waals surface area contributed by atoms with Gasteiger partial charge in [-0.15, -0.1) is 0 Å². The van der Waals surface area contributed by atoms with E-state index in [1.54, 1.807) is 0 Å². The maximum absolute atomic E-state index is 7.61. The van der Waals surface area contributed by atoms with Gasteiger partial charge in [-0.3, -0.25) is 0 Å². The van der Waals surface area contributed by atoms with Crippen molar-refractivity contribution in [1.82, 2.24) is 0 Å². The Bertz CT molecular complexity index is 59.5. The minimum absolute atomic E-state index is 0. The van der Waals surface area contributed by atoms with Crippen molar-refractivity contribution in [2.24, 2.45) is 0 Å². The number of hydrogen-bond donors (Lipinski definition) is 4. The Morgan fingerprint density at radius 3 is 0.632 bits per heavy atom. The van der Waals surface area contributed by atoms with Crippen molar-refractivity contribution < 1.29 is 36.9 Å². The molecular formula is C8H32In4O7. The monoisotopic (exact) mass is 700 g/mol. The maximum Gasteiger partial charge on any atom is 0 e. The quantitative estimate of drug-likeness (QED) is 0.192. The van der Waals surface area contributed by atoms with Gasteiger partial charge >= 0.3 is 90.4 Å². The molecule has 0 aromatic rings. The molecule has 0 aromatic carbocycles. The molecule has 0 aliphatic heterocycles. The molecule has 7 nitrogen and oxygen atoms in total. The first-order valence-electron chi connectivity index (χ1n) is 4.50. The smallest absolute Gasteiger partial charge is 0 e. The van der Waals surface area contributed by atoms with E-state index in [1.807, 2.05) is 0 Å². The summed E-state index contributed by atoms with van der Waals surface area (Å²) >= 11 is 0.220. The first kappa shape index (κ1) is 57.3. The molecule has 0 atom stereocenters. The molecule has 19 heavy (non-hydrogen) atoms. The molecule has 0 aromatic heterocycles. The van der Waals surface area contributed by atoms with Gasteiger partial charge in [-0.05, 0) is 13.8 Å². The van der Waals surface area contributed by atoms with Crippen molar-refractivity contribution >= 4 is 97.5 Å². The van der Waals surface area contributed by atoms with Crippen molar-refractivity contribution in [2.75, 3.05) is 0 Å². The third-order valence-electron chi connectivity index (χ3n) is 0. The largest absolute Gasteiger partial charge is 0 e. The number of aliphatic hydroxyl groups is 4. The Morgan fingerprint density at radius 1 is 0.632 bits per heavy atom. The molecule has 118 valence electrons. The molecular weight excluding hydrogens is 667 g/mol. The van der Waals surface area contributed by atoms with Crippen molar-refractivity contribution in [1.29, 1.82) is 0 Å². The fraction of sp³-hybridized carbons (Fsp3) is 1.00. The number of aliphatic hydroxyl groups excluding tert-OH is 2. The van der Waals surface area contributed by atoms with Gasteiger partial charge in [0, 0.05) is 25.8 Å². The van der Waals surface area contributed by atoms with Crippen LogP contribution in [0.4, 0.5) is 0 Å². The van der Waals surface area contributed by atoms with Gasteiger partial charge in [0.1, 0.15) is 12.6 Å². The van der Waals surface area contributed by atoms with Crippen LogP contribution in [0.15, 0.2) is 0 Å². The Balaban J connectivity index is -0.00000000929. The van der Waals surface area contributed by atoms with Crippen LogP contribution in [0, 0.1) is 0 Å². The van der Waals surface area contributed by atoms with E-state index in [4.69, 9.17) is 20.4 Å². The predicted molar refractivity (Wildman–Crippen MR) is 87.9 cm³/mol. The fourth-order valence-electron chi connectivity index (χ4n) is 0. The maximum atomic E-state index is 7.61. The molecule has 0 rings (SSSR count). The zero-order chi connectivity index (χ0) is 12.6. The van der Waals surface area contributed by atoms with E-state index in [-0.39, 0.29) is 114 Å². The van der Waals surface area contributed by atoms with Gasteiger partial charge in [0.05, 0.1) is 0 Å². The second-order valence-corrected chi connectivity index (χ2v) is 9.01. The fourth-order valence-corrected chi connectivity index (χ4v) is 0. The van der Waals surface area contributed by atoms with Crippen molar-refractivity contribution in [3.8, 4) is 0 Å². The van der Waals surface area contributed by atoms with Crippen LogP contribution in [0.2, 0.25) is 18.7 Å². The van der Waals surface area contributed by atoms with Crippen molar-refractivity contribution in [2.45, 2.75) is 45.1 Å². The summed E-state index contributed by atoms with van der Waals surface area (Å²) in [5.74, 6) is 0. The topological polar surface area (TPSA) is 175 Å². The summed E-state index contributed by atoms with van der Waals surface area (Å²) in [6.45, 7) is 2.56. The van der Waals surface area contributed by atoms with Crippen LogP contribution in [0.5, 0.6) is 0 Å². The number of rotatable bonds is 0. The van der Waals surface area contributed by atoms with Gasteiger partial charge in [0.15, 0.2) is 0 Å². The van der Waals surface area contributed by atoms with Crippen molar-refractivity contribution in [3.63, 3.8) is 0 Å². The molecule has 0 unspecified atom stereocenters. The zero-order valence-corrected chi connectivity index (χ0v) is 28.8. The summed E-state index contributed by atoms with van der Waals surface area (Å²) in [7, 11) is 0. The Hall–Kier alpha value is 3.20. The summed E-state index contributed by atoms with van der Waals surface area (Å²) in [4.78, 5) is 0. The summed E-state index contributed by atoms with van der Waals surface area (Å²) in [5.41, 5.74) is 0. The van der Waals surface area contributed by atoms with Gasteiger partial charge < -0.3 is 36.9 Å². The number of hydrogen-bond acceptors (Lipinski definition) is 4. The third kappa shape index (κ3) is 763. The molecule has 0 heterocycles. The van der Waals surface area contributed by atoms with Gasteiger partial charge in [-0.2, -0.15) is 0 Å². The van der Waals surface area contributed by atoms with E-state index in [2.05, 4.69) is 18.7 Å². The van der Waals surface area contributed by atoms with Gasteiger partial charge in [-0.25, -0.2) is 0 Å². The summed E-state index contributed by atoms with van der Waals surface area (Å²) in [6.07, 6.45) is -2.33. The molecule has 6 radical (unpaired) electrons. The van der Waals surface area contributed by atoms with E-state index in [0.29, 0.717) is 0 Å². The molecule has 0 aliphatic rings. The standard InChI is InChI=1S/2C2H6O2.4CH3.4In.3H2O.2H/c2*1-2(3)4;;;;;;;;;;;;;/h2*2-4H,1H3;4*1H3;;;;;3*1H2;;.